The van der Waals surface area contributed by atoms with E-state index in [1.165, 1.54) is 29.2 Å². The second-order valence-corrected chi connectivity index (χ2v) is 7.90. The van der Waals surface area contributed by atoms with E-state index in [0.717, 1.165) is 0 Å². The van der Waals surface area contributed by atoms with Gasteiger partial charge in [0.1, 0.15) is 12.1 Å². The van der Waals surface area contributed by atoms with Crippen molar-refractivity contribution in [3.05, 3.63) is 29.8 Å². The molecule has 1 fully saturated rings. The van der Waals surface area contributed by atoms with Crippen molar-refractivity contribution >= 4 is 28.0 Å². The maximum Gasteiger partial charge on any atom is 0.407 e. The third-order valence-electron chi connectivity index (χ3n) is 4.38. The van der Waals surface area contributed by atoms with Crippen molar-refractivity contribution in [2.75, 3.05) is 13.2 Å². The van der Waals surface area contributed by atoms with Crippen molar-refractivity contribution in [1.82, 2.24) is 10.2 Å². The highest BCUT2D eigenvalue weighted by Gasteiger charge is 2.37. The van der Waals surface area contributed by atoms with E-state index in [4.69, 9.17) is 9.88 Å². The number of hydrogen-bond donors (Lipinski definition) is 3. The van der Waals surface area contributed by atoms with Crippen LogP contribution < -0.4 is 10.5 Å². The molecule has 1 aromatic rings. The molecule has 11 heteroatoms. The van der Waals surface area contributed by atoms with Crippen LogP contribution in [0.3, 0.4) is 0 Å². The van der Waals surface area contributed by atoms with E-state index in [2.05, 4.69) is 5.32 Å². The van der Waals surface area contributed by atoms with Gasteiger partial charge in [0.25, 0.3) is 0 Å². The number of nitrogens with one attached hydrogen (secondary N) is 1. The molecular weight excluding hydrogens is 390 g/mol. The summed E-state index contributed by atoms with van der Waals surface area (Å²) in [7, 11) is -3.85. The smallest absolute Gasteiger partial charge is 0.407 e. The lowest BCUT2D eigenvalue weighted by Crippen LogP contribution is -2.52. The summed E-state index contributed by atoms with van der Waals surface area (Å²) in [4.78, 5) is 37.3. The number of primary sulfonamides is 1. The predicted molar refractivity (Wildman–Crippen MR) is 97.8 cm³/mol. The second-order valence-electron chi connectivity index (χ2n) is 6.34. The largest absolute Gasteiger partial charge is 0.480 e. The minimum Gasteiger partial charge on any atom is -0.480 e. The standard InChI is InChI=1S/C17H23N3O7S/c1-2-27-17(24)19-13(15(21)20-9-3-4-14(20)16(22)23)10-11-5-7-12(8-6-11)28(18,25)26/h5-8,13-14H,2-4,9-10H2,1H3,(H,19,24)(H,22,23)(H2,18,25,26)/t13-,14-/m0/s1. The molecule has 154 valence electrons. The SMILES string of the molecule is CCOC(=O)N[C@@H](Cc1ccc(S(N)(=O)=O)cc1)C(=O)N1CCC[C@H]1C(=O)O. The van der Waals surface area contributed by atoms with Gasteiger partial charge in [-0.15, -0.1) is 0 Å². The quantitative estimate of drug-likeness (QED) is 0.571. The van der Waals surface area contributed by atoms with Gasteiger partial charge in [-0.05, 0) is 37.5 Å². The number of aliphatic carboxylic acids is 1. The van der Waals surface area contributed by atoms with Gasteiger partial charge >= 0.3 is 12.1 Å². The van der Waals surface area contributed by atoms with Crippen LogP contribution in [0.15, 0.2) is 29.2 Å². The molecule has 0 spiro atoms. The van der Waals surface area contributed by atoms with Gasteiger partial charge in [-0.1, -0.05) is 12.1 Å². The van der Waals surface area contributed by atoms with Gasteiger partial charge in [0.05, 0.1) is 11.5 Å². The number of rotatable bonds is 7. The lowest BCUT2D eigenvalue weighted by molar-refractivity contribution is -0.148. The number of likely N-dealkylation sites (tertiary alicyclic amines) is 1. The number of nitrogens with zero attached hydrogens (tertiary/aromatic N) is 1. The third-order valence-corrected chi connectivity index (χ3v) is 5.31. The monoisotopic (exact) mass is 413 g/mol. The van der Waals surface area contributed by atoms with Crippen molar-refractivity contribution in [2.45, 2.75) is 43.2 Å². The van der Waals surface area contributed by atoms with Crippen LogP contribution in [0, 0.1) is 0 Å². The van der Waals surface area contributed by atoms with Crippen LogP contribution in [-0.4, -0.2) is 61.6 Å². The highest BCUT2D eigenvalue weighted by molar-refractivity contribution is 7.89. The van der Waals surface area contributed by atoms with E-state index >= 15 is 0 Å². The number of sulfonamides is 1. The Hall–Kier alpha value is -2.66. The van der Waals surface area contributed by atoms with E-state index in [0.29, 0.717) is 18.4 Å². The Bertz CT molecular complexity index is 839. The molecule has 0 unspecified atom stereocenters. The van der Waals surface area contributed by atoms with Gasteiger partial charge in [-0.3, -0.25) is 4.79 Å². The van der Waals surface area contributed by atoms with Gasteiger partial charge in [-0.2, -0.15) is 0 Å². The second kappa shape index (κ2) is 9.02. The zero-order valence-electron chi connectivity index (χ0n) is 15.3. The van der Waals surface area contributed by atoms with Gasteiger partial charge in [-0.25, -0.2) is 23.1 Å². The van der Waals surface area contributed by atoms with Crippen LogP contribution in [0.5, 0.6) is 0 Å². The molecule has 2 rings (SSSR count). The van der Waals surface area contributed by atoms with Gasteiger partial charge in [0.2, 0.25) is 15.9 Å². The fraction of sp³-hybridized carbons (Fsp3) is 0.471. The van der Waals surface area contributed by atoms with Crippen molar-refractivity contribution in [1.29, 1.82) is 0 Å². The summed E-state index contributed by atoms with van der Waals surface area (Å²) in [5.74, 6) is -1.63. The van der Waals surface area contributed by atoms with Crippen LogP contribution in [0.4, 0.5) is 4.79 Å². The number of hydrogen-bond acceptors (Lipinski definition) is 6. The molecule has 0 aromatic heterocycles. The number of ether oxygens (including phenoxy) is 1. The normalized spacial score (nSPS) is 17.8. The Morgan fingerprint density at radius 2 is 1.96 bits per heavy atom. The maximum atomic E-state index is 12.9. The Balaban J connectivity index is 2.22. The third kappa shape index (κ3) is 5.42. The maximum absolute atomic E-state index is 12.9. The summed E-state index contributed by atoms with van der Waals surface area (Å²) in [6.45, 7) is 2.00. The average molecular weight is 413 g/mol. The first-order valence-electron chi connectivity index (χ1n) is 8.71. The summed E-state index contributed by atoms with van der Waals surface area (Å²) < 4.78 is 27.5. The highest BCUT2D eigenvalue weighted by atomic mass is 32.2. The van der Waals surface area contributed by atoms with E-state index in [-0.39, 0.29) is 24.5 Å². The van der Waals surface area contributed by atoms with Crippen LogP contribution in [0.1, 0.15) is 25.3 Å². The Labute approximate surface area is 162 Å². The minimum absolute atomic E-state index is 0.0331. The molecule has 0 radical (unpaired) electrons. The Kier molecular flexibility index (Phi) is 6.97. The summed E-state index contributed by atoms with van der Waals surface area (Å²) in [6.07, 6.45) is 0.132. The molecule has 1 aromatic carbocycles. The number of nitrogens with two attached hydrogens (primary N) is 1. The lowest BCUT2D eigenvalue weighted by Gasteiger charge is -2.27. The molecule has 0 aliphatic carbocycles. The molecule has 10 nitrogen and oxygen atoms in total. The van der Waals surface area contributed by atoms with E-state index in [9.17, 15) is 27.9 Å². The molecule has 2 amide bonds. The molecule has 28 heavy (non-hydrogen) atoms. The summed E-state index contributed by atoms with van der Waals surface area (Å²) in [6, 6.07) is 3.55. The number of carboxylic acids is 1. The first kappa shape index (κ1) is 21.6. The number of amides is 2. The lowest BCUT2D eigenvalue weighted by atomic mass is 10.0. The molecule has 0 saturated carbocycles. The minimum atomic E-state index is -3.85. The van der Waals surface area contributed by atoms with Crippen molar-refractivity contribution < 1.29 is 32.6 Å². The van der Waals surface area contributed by atoms with Crippen molar-refractivity contribution in [2.24, 2.45) is 5.14 Å². The predicted octanol–water partition coefficient (Wildman–Crippen LogP) is 0.0668. The number of alkyl carbamates (subject to hydrolysis) is 1. The summed E-state index contributed by atoms with van der Waals surface area (Å²) in [5.41, 5.74) is 0.564. The number of benzene rings is 1. The molecule has 1 heterocycles. The van der Waals surface area contributed by atoms with E-state index < -0.39 is 40.1 Å². The van der Waals surface area contributed by atoms with Crippen molar-refractivity contribution in [3.63, 3.8) is 0 Å². The first-order chi connectivity index (χ1) is 13.1. The van der Waals surface area contributed by atoms with Crippen LogP contribution in [-0.2, 0) is 30.8 Å². The zero-order chi connectivity index (χ0) is 20.9. The summed E-state index contributed by atoms with van der Waals surface area (Å²) in [5, 5.41) is 16.8. The van der Waals surface area contributed by atoms with Gasteiger partial charge in [0, 0.05) is 13.0 Å². The van der Waals surface area contributed by atoms with Gasteiger partial charge < -0.3 is 20.1 Å². The summed E-state index contributed by atoms with van der Waals surface area (Å²) >= 11 is 0. The molecule has 2 atom stereocenters. The molecule has 1 saturated heterocycles. The fourth-order valence-corrected chi connectivity index (χ4v) is 3.57. The molecule has 4 N–H and O–H groups in total. The molecule has 1 aliphatic heterocycles. The van der Waals surface area contributed by atoms with Crippen LogP contribution >= 0.6 is 0 Å². The molecule has 1 aliphatic rings. The van der Waals surface area contributed by atoms with Crippen LogP contribution in [0.25, 0.3) is 0 Å². The zero-order valence-corrected chi connectivity index (χ0v) is 16.1. The Morgan fingerprint density at radius 3 is 2.50 bits per heavy atom. The number of carbonyl (C=O) groups is 3. The van der Waals surface area contributed by atoms with E-state index in [1.54, 1.807) is 6.92 Å². The first-order valence-corrected chi connectivity index (χ1v) is 10.3. The van der Waals surface area contributed by atoms with Gasteiger partial charge in [0.15, 0.2) is 0 Å². The molecule has 0 bridgehead atoms. The number of carboxylic acid groups (broad SMARTS) is 1. The fourth-order valence-electron chi connectivity index (χ4n) is 3.05. The highest BCUT2D eigenvalue weighted by Crippen LogP contribution is 2.20. The van der Waals surface area contributed by atoms with Crippen molar-refractivity contribution in [3.8, 4) is 0 Å². The molecular formula is C17H23N3O7S. The number of carbonyl (C=O) groups excluding carboxylic acids is 2. The van der Waals surface area contributed by atoms with Crippen LogP contribution in [0.2, 0.25) is 0 Å². The average Bonchev–Trinajstić information content (AvgIpc) is 3.10. The topological polar surface area (TPSA) is 156 Å². The van der Waals surface area contributed by atoms with E-state index in [1.807, 2.05) is 0 Å². The Morgan fingerprint density at radius 1 is 1.32 bits per heavy atom.